The van der Waals surface area contributed by atoms with Crippen LogP contribution in [0, 0.1) is 0 Å². The number of hydrogen-bond acceptors (Lipinski definition) is 7. The van der Waals surface area contributed by atoms with Crippen LogP contribution in [0.5, 0.6) is 0 Å². The number of para-hydroxylation sites is 6. The Morgan fingerprint density at radius 1 is 0.165 bits per heavy atom. The summed E-state index contributed by atoms with van der Waals surface area (Å²) in [6.07, 6.45) is 5.48. The van der Waals surface area contributed by atoms with Gasteiger partial charge in [0.1, 0.15) is 17.1 Å². The van der Waals surface area contributed by atoms with Gasteiger partial charge in [-0.1, -0.05) is 340 Å². The lowest BCUT2D eigenvalue weighted by atomic mass is 9.87. The number of pyridine rings is 4. The van der Waals surface area contributed by atoms with Crippen molar-refractivity contribution in [3.8, 4) is 107 Å². The molecule has 0 aliphatic rings. The molecule has 0 saturated heterocycles. The molecule has 0 amide bonds. The Hall–Kier alpha value is -18.8. The predicted molar refractivity (Wildman–Crippen MR) is 579 cm³/mol. The van der Waals surface area contributed by atoms with Crippen LogP contribution in [0.4, 0.5) is 0 Å². The summed E-state index contributed by atoms with van der Waals surface area (Å²) >= 11 is 0. The Kier molecular flexibility index (Phi) is 18.1. The van der Waals surface area contributed by atoms with Crippen LogP contribution in [0.3, 0.4) is 0 Å². The van der Waals surface area contributed by atoms with Crippen LogP contribution < -0.4 is 0 Å². The summed E-state index contributed by atoms with van der Waals surface area (Å²) in [7, 11) is 0. The highest BCUT2D eigenvalue weighted by Gasteiger charge is 2.26. The van der Waals surface area contributed by atoms with E-state index in [1.165, 1.54) is 152 Å². The third kappa shape index (κ3) is 13.0. The largest absolute Gasteiger partial charge is 0.291 e. The number of fused-ring (bicyclic) bond motifs is 9. The SMILES string of the molecule is c1ccc(-c2nc3ccccc3n2-c2cc(-c3ccc4ccc5cccc6ccc3c4c56)cc(-c3ccc4ccc5cccc6ccc3c4c56)c2)nc1.c1ccc(-c2nc3ccccc3n2-c2ccc(-c3ccc(-c4c5ccc6ccccc6c5nc5c4ccc4ccccc45)cc3)cc2)nc1.c1ccc(-c2nc3ccccc3n2-c2cccc(-c3ccc4ccc5cccc6ccc3c4c56)c2)nc1. The molecule has 0 radical (unpaired) electrons. The van der Waals surface area contributed by atoms with Gasteiger partial charge in [-0.2, -0.15) is 0 Å². The van der Waals surface area contributed by atoms with Crippen molar-refractivity contribution in [1.82, 2.24) is 48.6 Å². The van der Waals surface area contributed by atoms with Crippen molar-refractivity contribution >= 4 is 173 Å². The Balaban J connectivity index is 0.000000104. The maximum Gasteiger partial charge on any atom is 0.164 e. The van der Waals surface area contributed by atoms with Crippen molar-refractivity contribution in [2.24, 2.45) is 0 Å². The number of imidazole rings is 3. The molecule has 0 fully saturated rings. The molecule has 7 heterocycles. The fourth-order valence-electron chi connectivity index (χ4n) is 22.0. The maximum absolute atomic E-state index is 5.35. The maximum atomic E-state index is 5.35. The van der Waals surface area contributed by atoms with Gasteiger partial charge in [-0.15, -0.1) is 0 Å². The molecule has 0 unspecified atom stereocenters. The molecule has 7 aromatic heterocycles. The Bertz CT molecular complexity index is 9840. The quantitative estimate of drug-likeness (QED) is 0.0938. The van der Waals surface area contributed by atoms with Crippen LogP contribution in [0.2, 0.25) is 0 Å². The summed E-state index contributed by atoms with van der Waals surface area (Å²) in [6, 6.07) is 163. The second-order valence-electron chi connectivity index (χ2n) is 36.1. The third-order valence-corrected chi connectivity index (χ3v) is 28.4. The highest BCUT2D eigenvalue weighted by molar-refractivity contribution is 6.29. The Morgan fingerprint density at radius 3 is 0.892 bits per heavy atom. The molecule has 23 aromatic carbocycles. The molecular weight excluding hydrogens is 1690 g/mol. The number of nitrogens with zero attached hydrogens (tertiary/aromatic N) is 10. The van der Waals surface area contributed by atoms with Gasteiger partial charge < -0.3 is 0 Å². The number of rotatable bonds is 11. The first kappa shape index (κ1) is 78.8. The molecule has 0 aliphatic heterocycles. The van der Waals surface area contributed by atoms with Crippen LogP contribution in [0.1, 0.15) is 0 Å². The first-order chi connectivity index (χ1) is 68.9. The zero-order chi connectivity index (χ0) is 91.3. The van der Waals surface area contributed by atoms with Gasteiger partial charge in [0.05, 0.1) is 44.1 Å². The second kappa shape index (κ2) is 32.0. The van der Waals surface area contributed by atoms with E-state index < -0.39 is 0 Å². The third-order valence-electron chi connectivity index (χ3n) is 28.4. The summed E-state index contributed by atoms with van der Waals surface area (Å²) in [5, 5.41) is 30.2. The van der Waals surface area contributed by atoms with E-state index >= 15 is 0 Å². The van der Waals surface area contributed by atoms with Gasteiger partial charge in [-0.25, -0.2) is 19.9 Å². The summed E-state index contributed by atoms with van der Waals surface area (Å²) in [6.45, 7) is 0. The van der Waals surface area contributed by atoms with Crippen molar-refractivity contribution < 1.29 is 0 Å². The molecule has 0 N–H and O–H groups in total. The topological polar surface area (TPSA) is 105 Å². The molecule has 0 aliphatic carbocycles. The van der Waals surface area contributed by atoms with Crippen molar-refractivity contribution in [2.75, 3.05) is 0 Å². The number of benzene rings is 23. The predicted octanol–water partition coefficient (Wildman–Crippen LogP) is 33.3. The van der Waals surface area contributed by atoms with E-state index in [2.05, 4.69) is 406 Å². The summed E-state index contributed by atoms with van der Waals surface area (Å²) in [4.78, 5) is 34.5. The zero-order valence-corrected chi connectivity index (χ0v) is 75.0. The molecule has 0 saturated carbocycles. The lowest BCUT2D eigenvalue weighted by molar-refractivity contribution is 1.08. The Labute approximate surface area is 797 Å². The van der Waals surface area contributed by atoms with Crippen molar-refractivity contribution in [3.05, 3.63) is 474 Å². The van der Waals surface area contributed by atoms with Gasteiger partial charge in [0, 0.05) is 62.8 Å². The van der Waals surface area contributed by atoms with Gasteiger partial charge in [-0.05, 0) is 273 Å². The zero-order valence-electron chi connectivity index (χ0n) is 75.0. The lowest BCUT2D eigenvalue weighted by Gasteiger charge is -2.19. The number of aromatic nitrogens is 10. The van der Waals surface area contributed by atoms with Crippen molar-refractivity contribution in [1.29, 1.82) is 0 Å². The summed E-state index contributed by atoms with van der Waals surface area (Å²) < 4.78 is 6.70. The minimum Gasteiger partial charge on any atom is -0.291 e. The van der Waals surface area contributed by atoms with E-state index in [0.717, 1.165) is 129 Å². The van der Waals surface area contributed by atoms with Crippen molar-refractivity contribution in [3.63, 3.8) is 0 Å². The van der Waals surface area contributed by atoms with Crippen LogP contribution in [-0.4, -0.2) is 48.6 Å². The summed E-state index contributed by atoms with van der Waals surface area (Å²) in [5.41, 5.74) is 25.6. The molecular formula is C129H78N10. The molecule has 30 rings (SSSR count). The van der Waals surface area contributed by atoms with Crippen LogP contribution >= 0.6 is 0 Å². The lowest BCUT2D eigenvalue weighted by Crippen LogP contribution is -2.00. The minimum absolute atomic E-state index is 0.820. The van der Waals surface area contributed by atoms with Crippen LogP contribution in [-0.2, 0) is 0 Å². The average molecular weight is 1770 g/mol. The highest BCUT2D eigenvalue weighted by Crippen LogP contribution is 2.49. The number of hydrogen-bond donors (Lipinski definition) is 0. The van der Waals surface area contributed by atoms with Crippen molar-refractivity contribution in [2.45, 2.75) is 0 Å². The molecule has 0 atom stereocenters. The summed E-state index contributed by atoms with van der Waals surface area (Å²) in [5.74, 6) is 2.49. The standard InChI is InChI=1S/C50H29N3.C45H28N4.C34H21N3/c1-2-13-45-43(11-1)52-50(44-12-3-4-26-51-44)53(45)38-28-36(39-22-18-34-16-14-30-7-5-9-32-20-24-41(39)48(34)46(30)32)27-37(29-38)40-23-19-35-17-15-31-8-6-10-33-21-25-42(40)49(35)47(31)33;1-3-11-35-31(9-1)22-26-37-42(38-27-23-32-10-2-4-12-36(32)44(38)48-43(35)37)33-18-16-29(17-19-33)30-20-24-34(25-21-30)49-41-15-6-5-13-39(41)47-45(49)40-14-7-8-28-46-40;1-2-13-31-29(11-1)36-34(30-12-3-4-20-35-30)37(31)26-10-6-9-25(21-26)27-18-16-24-15-14-22-7-5-8-23-17-19-28(27)33(24)32(22)23/h1-29H;1-28H;1-21H. The first-order valence-corrected chi connectivity index (χ1v) is 47.2. The van der Waals surface area contributed by atoms with Gasteiger partial charge in [0.25, 0.3) is 0 Å². The Morgan fingerprint density at radius 2 is 0.475 bits per heavy atom. The molecule has 0 spiro atoms. The molecule has 10 heteroatoms. The van der Waals surface area contributed by atoms with E-state index in [0.29, 0.717) is 0 Å². The van der Waals surface area contributed by atoms with Gasteiger partial charge in [0.2, 0.25) is 0 Å². The molecule has 10 nitrogen and oxygen atoms in total. The van der Waals surface area contributed by atoms with E-state index in [1.807, 2.05) is 91.4 Å². The molecule has 644 valence electrons. The second-order valence-corrected chi connectivity index (χ2v) is 36.1. The van der Waals surface area contributed by atoms with Crippen LogP contribution in [0.25, 0.3) is 281 Å². The van der Waals surface area contributed by atoms with Crippen LogP contribution in [0.15, 0.2) is 474 Å². The van der Waals surface area contributed by atoms with Gasteiger partial charge in [-0.3, -0.25) is 28.7 Å². The first-order valence-electron chi connectivity index (χ1n) is 47.2. The van der Waals surface area contributed by atoms with E-state index in [9.17, 15) is 0 Å². The van der Waals surface area contributed by atoms with Gasteiger partial charge in [0.15, 0.2) is 17.5 Å². The van der Waals surface area contributed by atoms with E-state index in [4.69, 9.17) is 24.9 Å². The minimum atomic E-state index is 0.820. The molecule has 30 aromatic rings. The fourth-order valence-corrected chi connectivity index (χ4v) is 22.0. The normalized spacial score (nSPS) is 11.9. The average Bonchev–Trinajstić information content (AvgIpc) is 1.22. The van der Waals surface area contributed by atoms with E-state index in [-0.39, 0.29) is 0 Å². The highest BCUT2D eigenvalue weighted by atomic mass is 15.1. The van der Waals surface area contributed by atoms with Gasteiger partial charge >= 0.3 is 0 Å². The molecule has 0 bridgehead atoms. The monoisotopic (exact) mass is 1770 g/mol. The van der Waals surface area contributed by atoms with E-state index in [1.54, 1.807) is 0 Å². The fraction of sp³-hybridized carbons (Fsp3) is 0. The molecule has 139 heavy (non-hydrogen) atoms. The smallest absolute Gasteiger partial charge is 0.164 e.